The van der Waals surface area contributed by atoms with Crippen molar-refractivity contribution in [3.05, 3.63) is 0 Å². The lowest BCUT2D eigenvalue weighted by Gasteiger charge is -2.43. The molecule has 2 unspecified atom stereocenters. The standard InChI is InChI=1S/C14H30N4/c1-14(2,18-8-5-16-6-9-18)10-13(15)12-4-7-17(3)11-12/h12-13,16H,4-11,15H2,1-3H3. The lowest BCUT2D eigenvalue weighted by atomic mass is 9.86. The first-order valence-electron chi connectivity index (χ1n) is 7.39. The molecule has 0 bridgehead atoms. The fourth-order valence-electron chi connectivity index (χ4n) is 3.46. The molecule has 2 saturated heterocycles. The van der Waals surface area contributed by atoms with Crippen molar-refractivity contribution in [2.24, 2.45) is 11.7 Å². The lowest BCUT2D eigenvalue weighted by Crippen LogP contribution is -2.55. The highest BCUT2D eigenvalue weighted by Crippen LogP contribution is 2.26. The van der Waals surface area contributed by atoms with E-state index in [4.69, 9.17) is 5.73 Å². The normalized spacial score (nSPS) is 29.7. The number of rotatable bonds is 4. The maximum absolute atomic E-state index is 6.47. The molecule has 2 heterocycles. The van der Waals surface area contributed by atoms with Crippen LogP contribution in [0.2, 0.25) is 0 Å². The minimum absolute atomic E-state index is 0.239. The van der Waals surface area contributed by atoms with Gasteiger partial charge in [0.1, 0.15) is 0 Å². The van der Waals surface area contributed by atoms with E-state index < -0.39 is 0 Å². The van der Waals surface area contributed by atoms with Crippen molar-refractivity contribution >= 4 is 0 Å². The molecule has 18 heavy (non-hydrogen) atoms. The zero-order chi connectivity index (χ0) is 13.2. The van der Waals surface area contributed by atoms with E-state index in [0.717, 1.165) is 32.6 Å². The highest BCUT2D eigenvalue weighted by Gasteiger charge is 2.33. The quantitative estimate of drug-likeness (QED) is 0.759. The third-order valence-corrected chi connectivity index (χ3v) is 4.74. The smallest absolute Gasteiger partial charge is 0.0169 e. The average Bonchev–Trinajstić information content (AvgIpc) is 2.77. The Balaban J connectivity index is 1.86. The number of hydrogen-bond donors (Lipinski definition) is 2. The van der Waals surface area contributed by atoms with Gasteiger partial charge in [-0.25, -0.2) is 0 Å². The van der Waals surface area contributed by atoms with Gasteiger partial charge in [-0.05, 0) is 46.2 Å². The first-order chi connectivity index (χ1) is 8.49. The summed E-state index contributed by atoms with van der Waals surface area (Å²) in [6.07, 6.45) is 2.39. The number of likely N-dealkylation sites (tertiary alicyclic amines) is 1. The van der Waals surface area contributed by atoms with E-state index in [1.165, 1.54) is 19.5 Å². The maximum Gasteiger partial charge on any atom is 0.0169 e. The Morgan fingerprint density at radius 1 is 1.28 bits per heavy atom. The molecule has 3 N–H and O–H groups in total. The molecule has 4 heteroatoms. The Bertz CT molecular complexity index is 261. The Labute approximate surface area is 112 Å². The molecule has 0 radical (unpaired) electrons. The van der Waals surface area contributed by atoms with Crippen LogP contribution in [0.4, 0.5) is 0 Å². The number of nitrogens with two attached hydrogens (primary N) is 1. The Morgan fingerprint density at radius 3 is 2.50 bits per heavy atom. The minimum atomic E-state index is 0.239. The van der Waals surface area contributed by atoms with Crippen LogP contribution in [0.1, 0.15) is 26.7 Å². The van der Waals surface area contributed by atoms with E-state index in [1.807, 2.05) is 0 Å². The molecule has 2 atom stereocenters. The van der Waals surface area contributed by atoms with E-state index in [2.05, 4.69) is 36.0 Å². The number of nitrogens with zero attached hydrogens (tertiary/aromatic N) is 2. The second-order valence-corrected chi connectivity index (χ2v) is 6.73. The summed E-state index contributed by atoms with van der Waals surface area (Å²) in [4.78, 5) is 5.00. The summed E-state index contributed by atoms with van der Waals surface area (Å²) in [7, 11) is 2.20. The SMILES string of the molecule is CN1CCC(C(N)CC(C)(C)N2CCNCC2)C1. The topological polar surface area (TPSA) is 44.5 Å². The fraction of sp³-hybridized carbons (Fsp3) is 1.00. The molecule has 2 rings (SSSR count). The van der Waals surface area contributed by atoms with Gasteiger partial charge in [-0.2, -0.15) is 0 Å². The third-order valence-electron chi connectivity index (χ3n) is 4.74. The number of hydrogen-bond acceptors (Lipinski definition) is 4. The van der Waals surface area contributed by atoms with Crippen LogP contribution < -0.4 is 11.1 Å². The molecule has 0 aliphatic carbocycles. The molecule has 0 amide bonds. The van der Waals surface area contributed by atoms with Crippen molar-refractivity contribution in [2.45, 2.75) is 38.3 Å². The van der Waals surface area contributed by atoms with Gasteiger partial charge in [0.15, 0.2) is 0 Å². The van der Waals surface area contributed by atoms with Crippen molar-refractivity contribution in [1.82, 2.24) is 15.1 Å². The highest BCUT2D eigenvalue weighted by atomic mass is 15.2. The Kier molecular flexibility index (Phi) is 4.64. The van der Waals surface area contributed by atoms with Crippen LogP contribution in [0.25, 0.3) is 0 Å². The molecule has 0 aromatic heterocycles. The summed E-state index contributed by atoms with van der Waals surface area (Å²) in [5, 5.41) is 3.42. The molecular formula is C14H30N4. The minimum Gasteiger partial charge on any atom is -0.327 e. The second-order valence-electron chi connectivity index (χ2n) is 6.73. The molecule has 0 aromatic carbocycles. The van der Waals surface area contributed by atoms with Crippen LogP contribution in [0.15, 0.2) is 0 Å². The summed E-state index contributed by atoms with van der Waals surface area (Å²) in [5.41, 5.74) is 6.70. The summed E-state index contributed by atoms with van der Waals surface area (Å²) in [6.45, 7) is 11.7. The van der Waals surface area contributed by atoms with E-state index in [0.29, 0.717) is 12.0 Å². The van der Waals surface area contributed by atoms with Crippen molar-refractivity contribution in [3.63, 3.8) is 0 Å². The summed E-state index contributed by atoms with van der Waals surface area (Å²) >= 11 is 0. The van der Waals surface area contributed by atoms with Crippen molar-refractivity contribution < 1.29 is 0 Å². The second kappa shape index (κ2) is 5.87. The van der Waals surface area contributed by atoms with Crippen molar-refractivity contribution in [3.8, 4) is 0 Å². The largest absolute Gasteiger partial charge is 0.327 e. The van der Waals surface area contributed by atoms with Gasteiger partial charge in [-0.1, -0.05) is 0 Å². The van der Waals surface area contributed by atoms with Gasteiger partial charge in [0.2, 0.25) is 0 Å². The first-order valence-corrected chi connectivity index (χ1v) is 7.39. The van der Waals surface area contributed by atoms with E-state index >= 15 is 0 Å². The van der Waals surface area contributed by atoms with E-state index in [9.17, 15) is 0 Å². The molecule has 2 aliphatic rings. The fourth-order valence-corrected chi connectivity index (χ4v) is 3.46. The molecule has 0 spiro atoms. The Hall–Kier alpha value is -0.160. The molecule has 2 aliphatic heterocycles. The van der Waals surface area contributed by atoms with E-state index in [-0.39, 0.29) is 5.54 Å². The molecule has 0 saturated carbocycles. The molecule has 106 valence electrons. The number of nitrogens with one attached hydrogen (secondary N) is 1. The molecule has 4 nitrogen and oxygen atoms in total. The Morgan fingerprint density at radius 2 is 1.94 bits per heavy atom. The monoisotopic (exact) mass is 254 g/mol. The van der Waals surface area contributed by atoms with Crippen LogP contribution in [-0.4, -0.2) is 67.7 Å². The number of piperazine rings is 1. The van der Waals surface area contributed by atoms with Crippen LogP contribution in [-0.2, 0) is 0 Å². The van der Waals surface area contributed by atoms with Gasteiger partial charge in [0.25, 0.3) is 0 Å². The summed E-state index contributed by atoms with van der Waals surface area (Å²) < 4.78 is 0. The lowest BCUT2D eigenvalue weighted by molar-refractivity contribution is 0.0833. The van der Waals surface area contributed by atoms with Gasteiger partial charge in [-0.3, -0.25) is 4.90 Å². The first kappa shape index (κ1) is 14.3. The average molecular weight is 254 g/mol. The highest BCUT2D eigenvalue weighted by molar-refractivity contribution is 4.92. The van der Waals surface area contributed by atoms with Gasteiger partial charge < -0.3 is 16.0 Å². The third kappa shape index (κ3) is 3.44. The molecule has 2 fully saturated rings. The summed E-state index contributed by atoms with van der Waals surface area (Å²) in [6, 6.07) is 0.347. The predicted molar refractivity (Wildman–Crippen MR) is 76.7 cm³/mol. The zero-order valence-electron chi connectivity index (χ0n) is 12.3. The van der Waals surface area contributed by atoms with Crippen LogP contribution in [0.5, 0.6) is 0 Å². The molecular weight excluding hydrogens is 224 g/mol. The predicted octanol–water partition coefficient (Wildman–Crippen LogP) is 0.339. The van der Waals surface area contributed by atoms with Gasteiger partial charge in [-0.15, -0.1) is 0 Å². The van der Waals surface area contributed by atoms with Crippen LogP contribution >= 0.6 is 0 Å². The van der Waals surface area contributed by atoms with Gasteiger partial charge >= 0.3 is 0 Å². The van der Waals surface area contributed by atoms with Crippen molar-refractivity contribution in [2.75, 3.05) is 46.3 Å². The van der Waals surface area contributed by atoms with Gasteiger partial charge in [0, 0.05) is 44.3 Å². The van der Waals surface area contributed by atoms with Crippen molar-refractivity contribution in [1.29, 1.82) is 0 Å². The van der Waals surface area contributed by atoms with Gasteiger partial charge in [0.05, 0.1) is 0 Å². The maximum atomic E-state index is 6.47. The van der Waals surface area contributed by atoms with Crippen LogP contribution in [0.3, 0.4) is 0 Å². The van der Waals surface area contributed by atoms with E-state index in [1.54, 1.807) is 0 Å². The molecule has 0 aromatic rings. The van der Waals surface area contributed by atoms with Crippen LogP contribution in [0, 0.1) is 5.92 Å². The zero-order valence-corrected chi connectivity index (χ0v) is 12.3. The summed E-state index contributed by atoms with van der Waals surface area (Å²) in [5.74, 6) is 0.692.